The fourth-order valence-electron chi connectivity index (χ4n) is 2.69. The van der Waals surface area contributed by atoms with Crippen LogP contribution in [0.15, 0.2) is 53.0 Å². The first kappa shape index (κ1) is 14.5. The number of benzene rings is 2. The number of rotatable bonds is 5. The van der Waals surface area contributed by atoms with E-state index in [-0.39, 0.29) is 0 Å². The van der Waals surface area contributed by atoms with Gasteiger partial charge in [-0.25, -0.2) is 0 Å². The molecule has 0 atom stereocenters. The summed E-state index contributed by atoms with van der Waals surface area (Å²) in [6.45, 7) is 0.810. The molecule has 0 radical (unpaired) electrons. The van der Waals surface area contributed by atoms with Crippen LogP contribution in [-0.4, -0.2) is 6.10 Å². The van der Waals surface area contributed by atoms with Crippen molar-refractivity contribution in [2.24, 2.45) is 0 Å². The summed E-state index contributed by atoms with van der Waals surface area (Å²) in [4.78, 5) is 0. The van der Waals surface area contributed by atoms with Crippen LogP contribution in [0.3, 0.4) is 0 Å². The van der Waals surface area contributed by atoms with Crippen LogP contribution in [0.25, 0.3) is 0 Å². The molecule has 3 heteroatoms. The van der Waals surface area contributed by atoms with Crippen LogP contribution in [-0.2, 0) is 6.54 Å². The fourth-order valence-corrected chi connectivity index (χ4v) is 3.11. The lowest BCUT2D eigenvalue weighted by atomic mass is 10.2. The minimum atomic E-state index is 0.420. The first-order valence-electron chi connectivity index (χ1n) is 7.55. The summed E-state index contributed by atoms with van der Waals surface area (Å²) in [5.41, 5.74) is 2.37. The number of ether oxygens (including phenoxy) is 1. The number of anilines is 1. The van der Waals surface area contributed by atoms with Gasteiger partial charge >= 0.3 is 0 Å². The number of nitrogens with one attached hydrogen (secondary N) is 1. The van der Waals surface area contributed by atoms with Crippen LogP contribution in [0.2, 0.25) is 0 Å². The third-order valence-corrected chi connectivity index (χ3v) is 4.67. The Hall–Kier alpha value is -1.48. The molecule has 1 aliphatic rings. The van der Waals surface area contributed by atoms with Crippen molar-refractivity contribution in [3.63, 3.8) is 0 Å². The summed E-state index contributed by atoms with van der Waals surface area (Å²) in [5, 5.41) is 3.44. The Morgan fingerprint density at radius 3 is 2.43 bits per heavy atom. The molecule has 1 fully saturated rings. The SMILES string of the molecule is Brc1ccccc1CNc1ccc(OC2CCCC2)cc1. The average molecular weight is 346 g/mol. The smallest absolute Gasteiger partial charge is 0.119 e. The van der Waals surface area contributed by atoms with Crippen LogP contribution in [0.5, 0.6) is 5.75 Å². The van der Waals surface area contributed by atoms with Gasteiger partial charge in [-0.3, -0.25) is 0 Å². The van der Waals surface area contributed by atoms with Crippen molar-refractivity contribution in [3.05, 3.63) is 58.6 Å². The zero-order valence-corrected chi connectivity index (χ0v) is 13.6. The second-order valence-electron chi connectivity index (χ2n) is 5.49. The molecule has 1 N–H and O–H groups in total. The summed E-state index contributed by atoms with van der Waals surface area (Å²) in [6, 6.07) is 16.6. The highest BCUT2D eigenvalue weighted by Gasteiger charge is 2.16. The fraction of sp³-hybridized carbons (Fsp3) is 0.333. The number of hydrogen-bond acceptors (Lipinski definition) is 2. The minimum Gasteiger partial charge on any atom is -0.490 e. The molecule has 21 heavy (non-hydrogen) atoms. The first-order valence-corrected chi connectivity index (χ1v) is 8.34. The molecule has 0 saturated heterocycles. The van der Waals surface area contributed by atoms with E-state index in [4.69, 9.17) is 4.74 Å². The average Bonchev–Trinajstić information content (AvgIpc) is 3.01. The Morgan fingerprint density at radius 1 is 1.00 bits per heavy atom. The Labute approximate surface area is 134 Å². The van der Waals surface area contributed by atoms with Gasteiger partial charge in [0.1, 0.15) is 5.75 Å². The lowest BCUT2D eigenvalue weighted by molar-refractivity contribution is 0.210. The molecule has 3 rings (SSSR count). The zero-order chi connectivity index (χ0) is 14.5. The molecular weight excluding hydrogens is 326 g/mol. The highest BCUT2D eigenvalue weighted by atomic mass is 79.9. The molecule has 0 aromatic heterocycles. The predicted octanol–water partition coefficient (Wildman–Crippen LogP) is 5.38. The Kier molecular flexibility index (Phi) is 4.81. The molecule has 0 spiro atoms. The van der Waals surface area contributed by atoms with E-state index in [0.29, 0.717) is 6.10 Å². The van der Waals surface area contributed by atoms with Gasteiger partial charge in [0, 0.05) is 16.7 Å². The van der Waals surface area contributed by atoms with Crippen LogP contribution < -0.4 is 10.1 Å². The first-order chi connectivity index (χ1) is 10.3. The molecule has 0 bridgehead atoms. The van der Waals surface area contributed by atoms with Crippen LogP contribution in [0, 0.1) is 0 Å². The maximum Gasteiger partial charge on any atom is 0.119 e. The van der Waals surface area contributed by atoms with Gasteiger partial charge in [0.05, 0.1) is 6.10 Å². The van der Waals surface area contributed by atoms with Gasteiger partial charge in [-0.2, -0.15) is 0 Å². The summed E-state index contributed by atoms with van der Waals surface area (Å²) in [6.07, 6.45) is 5.42. The maximum atomic E-state index is 5.98. The van der Waals surface area contributed by atoms with Crippen LogP contribution >= 0.6 is 15.9 Å². The third kappa shape index (κ3) is 4.01. The van der Waals surface area contributed by atoms with Gasteiger partial charge in [-0.15, -0.1) is 0 Å². The van der Waals surface area contributed by atoms with Gasteiger partial charge in [0.2, 0.25) is 0 Å². The monoisotopic (exact) mass is 345 g/mol. The Morgan fingerprint density at radius 2 is 1.71 bits per heavy atom. The van der Waals surface area contributed by atoms with Crippen molar-refractivity contribution in [1.29, 1.82) is 0 Å². The van der Waals surface area contributed by atoms with E-state index in [0.717, 1.165) is 22.5 Å². The molecule has 0 amide bonds. The Balaban J connectivity index is 1.55. The molecule has 0 aliphatic heterocycles. The lowest BCUT2D eigenvalue weighted by Gasteiger charge is -2.14. The van der Waals surface area contributed by atoms with Crippen molar-refractivity contribution in [1.82, 2.24) is 0 Å². The maximum absolute atomic E-state index is 5.98. The van der Waals surface area contributed by atoms with Crippen molar-refractivity contribution < 1.29 is 4.74 Å². The molecule has 2 aromatic rings. The molecule has 110 valence electrons. The van der Waals surface area contributed by atoms with Gasteiger partial charge in [0.25, 0.3) is 0 Å². The molecular formula is C18H20BrNO. The van der Waals surface area contributed by atoms with Crippen LogP contribution in [0.4, 0.5) is 5.69 Å². The summed E-state index contributed by atoms with van der Waals surface area (Å²) in [7, 11) is 0. The van der Waals surface area contributed by atoms with Gasteiger partial charge in [0.15, 0.2) is 0 Å². The van der Waals surface area contributed by atoms with E-state index in [1.165, 1.54) is 31.2 Å². The number of halogens is 1. The molecule has 1 saturated carbocycles. The largest absolute Gasteiger partial charge is 0.490 e. The standard InChI is InChI=1S/C18H20BrNO/c19-18-8-4-1-5-14(18)13-20-15-9-11-17(12-10-15)21-16-6-2-3-7-16/h1,4-5,8-12,16,20H,2-3,6-7,13H2. The minimum absolute atomic E-state index is 0.420. The normalized spacial score (nSPS) is 15.1. The number of hydrogen-bond donors (Lipinski definition) is 1. The van der Waals surface area contributed by atoms with Crippen LogP contribution in [0.1, 0.15) is 31.2 Å². The summed E-state index contributed by atoms with van der Waals surface area (Å²) < 4.78 is 7.11. The molecule has 0 heterocycles. The van der Waals surface area contributed by atoms with E-state index in [9.17, 15) is 0 Å². The lowest BCUT2D eigenvalue weighted by Crippen LogP contribution is -2.10. The molecule has 2 aromatic carbocycles. The van der Waals surface area contributed by atoms with Crippen molar-refractivity contribution in [2.45, 2.75) is 38.3 Å². The van der Waals surface area contributed by atoms with Crippen molar-refractivity contribution in [2.75, 3.05) is 5.32 Å². The van der Waals surface area contributed by atoms with E-state index in [1.54, 1.807) is 0 Å². The van der Waals surface area contributed by atoms with Crippen molar-refractivity contribution in [3.8, 4) is 5.75 Å². The summed E-state index contributed by atoms with van der Waals surface area (Å²) in [5.74, 6) is 0.980. The topological polar surface area (TPSA) is 21.3 Å². The van der Waals surface area contributed by atoms with E-state index < -0.39 is 0 Å². The summed E-state index contributed by atoms with van der Waals surface area (Å²) >= 11 is 3.57. The zero-order valence-electron chi connectivity index (χ0n) is 12.0. The molecule has 0 unspecified atom stereocenters. The van der Waals surface area contributed by atoms with Crippen molar-refractivity contribution >= 4 is 21.6 Å². The van der Waals surface area contributed by atoms with Gasteiger partial charge in [-0.05, 0) is 61.6 Å². The highest BCUT2D eigenvalue weighted by molar-refractivity contribution is 9.10. The molecule has 1 aliphatic carbocycles. The second-order valence-corrected chi connectivity index (χ2v) is 6.35. The predicted molar refractivity (Wildman–Crippen MR) is 90.8 cm³/mol. The Bertz CT molecular complexity index is 576. The third-order valence-electron chi connectivity index (χ3n) is 3.90. The van der Waals surface area contributed by atoms with E-state index in [2.05, 4.69) is 63.7 Å². The molecule has 2 nitrogen and oxygen atoms in total. The second kappa shape index (κ2) is 6.99. The van der Waals surface area contributed by atoms with Gasteiger partial charge in [-0.1, -0.05) is 34.1 Å². The van der Waals surface area contributed by atoms with E-state index >= 15 is 0 Å². The van der Waals surface area contributed by atoms with E-state index in [1.807, 2.05) is 6.07 Å². The van der Waals surface area contributed by atoms with Gasteiger partial charge < -0.3 is 10.1 Å². The highest BCUT2D eigenvalue weighted by Crippen LogP contribution is 2.25. The quantitative estimate of drug-likeness (QED) is 0.784.